The van der Waals surface area contributed by atoms with E-state index in [4.69, 9.17) is 4.74 Å². The normalized spacial score (nSPS) is 13.2. The molecule has 0 fully saturated rings. The van der Waals surface area contributed by atoms with Gasteiger partial charge in [0.15, 0.2) is 0 Å². The summed E-state index contributed by atoms with van der Waals surface area (Å²) in [5.74, 6) is 3.59. The maximum atomic E-state index is 14.2. The van der Waals surface area contributed by atoms with E-state index in [9.17, 15) is 27.9 Å². The molecular weight excluding hydrogens is 477 g/mol. The highest BCUT2D eigenvalue weighted by atomic mass is 19.4. The van der Waals surface area contributed by atoms with Gasteiger partial charge in [0.05, 0.1) is 23.9 Å². The van der Waals surface area contributed by atoms with Gasteiger partial charge in [-0.05, 0) is 31.4 Å². The van der Waals surface area contributed by atoms with Crippen molar-refractivity contribution in [2.45, 2.75) is 25.6 Å². The molecule has 0 saturated carbocycles. The van der Waals surface area contributed by atoms with Gasteiger partial charge in [-0.15, -0.1) is 0 Å². The van der Waals surface area contributed by atoms with Crippen molar-refractivity contribution >= 4 is 16.9 Å². The molecule has 3 N–H and O–H groups in total. The SMILES string of the molecule is CCOC(=O)c1c(C)[nH]c2c(=O)n(C)cc(C#CC(O)(c3cccc(-c4cn[nH]c4)c3)C(F)(F)F)c12. The number of aryl methyl sites for hydroxylation is 2. The van der Waals surface area contributed by atoms with Gasteiger partial charge in [0.25, 0.3) is 5.56 Å². The van der Waals surface area contributed by atoms with Crippen molar-refractivity contribution in [1.29, 1.82) is 0 Å². The lowest BCUT2D eigenvalue weighted by molar-refractivity contribution is -0.240. The Morgan fingerprint density at radius 3 is 2.67 bits per heavy atom. The van der Waals surface area contributed by atoms with Crippen molar-refractivity contribution in [3.05, 3.63) is 75.6 Å². The number of alkyl halides is 3. The minimum Gasteiger partial charge on any atom is -0.462 e. The summed E-state index contributed by atoms with van der Waals surface area (Å²) in [6, 6.07) is 5.23. The van der Waals surface area contributed by atoms with Gasteiger partial charge < -0.3 is 19.4 Å². The third-order valence-corrected chi connectivity index (χ3v) is 5.69. The van der Waals surface area contributed by atoms with E-state index in [-0.39, 0.29) is 28.6 Å². The molecule has 1 unspecified atom stereocenters. The second kappa shape index (κ2) is 9.05. The Bertz CT molecular complexity index is 1570. The number of pyridine rings is 1. The number of fused-ring (bicyclic) bond motifs is 1. The summed E-state index contributed by atoms with van der Waals surface area (Å²) in [6.07, 6.45) is -1.02. The van der Waals surface area contributed by atoms with Crippen LogP contribution >= 0.6 is 0 Å². The minimum atomic E-state index is -5.17. The number of hydrogen-bond acceptors (Lipinski definition) is 5. The quantitative estimate of drug-likeness (QED) is 0.294. The summed E-state index contributed by atoms with van der Waals surface area (Å²) in [4.78, 5) is 28.0. The van der Waals surface area contributed by atoms with Crippen LogP contribution in [0.5, 0.6) is 0 Å². The van der Waals surface area contributed by atoms with Crippen molar-refractivity contribution in [2.75, 3.05) is 6.61 Å². The van der Waals surface area contributed by atoms with E-state index in [1.54, 1.807) is 13.0 Å². The first kappa shape index (κ1) is 24.8. The maximum absolute atomic E-state index is 14.2. The van der Waals surface area contributed by atoms with Gasteiger partial charge in [0, 0.05) is 41.6 Å². The molecule has 11 heteroatoms. The molecule has 8 nitrogen and oxygen atoms in total. The van der Waals surface area contributed by atoms with Gasteiger partial charge in [-0.1, -0.05) is 24.1 Å². The van der Waals surface area contributed by atoms with Crippen LogP contribution in [0, 0.1) is 18.8 Å². The number of carbonyl (C=O) groups excluding carboxylic acids is 1. The van der Waals surface area contributed by atoms with Crippen LogP contribution < -0.4 is 5.56 Å². The molecule has 0 aliphatic carbocycles. The van der Waals surface area contributed by atoms with Crippen molar-refractivity contribution in [3.63, 3.8) is 0 Å². The fourth-order valence-electron chi connectivity index (χ4n) is 3.90. The summed E-state index contributed by atoms with van der Waals surface area (Å²) in [5.41, 5.74) is -3.43. The number of hydrogen-bond donors (Lipinski definition) is 3. The number of nitrogens with zero attached hydrogens (tertiary/aromatic N) is 2. The molecule has 1 atom stereocenters. The number of aromatic amines is 2. The maximum Gasteiger partial charge on any atom is 0.433 e. The Morgan fingerprint density at radius 2 is 2.03 bits per heavy atom. The highest BCUT2D eigenvalue weighted by Gasteiger charge is 2.54. The van der Waals surface area contributed by atoms with Crippen LogP contribution in [-0.2, 0) is 17.4 Å². The Labute approximate surface area is 202 Å². The first-order valence-electron chi connectivity index (χ1n) is 10.8. The average molecular weight is 498 g/mol. The highest BCUT2D eigenvalue weighted by Crippen LogP contribution is 2.40. The molecular formula is C25H21F3N4O4. The zero-order valence-corrected chi connectivity index (χ0v) is 19.4. The van der Waals surface area contributed by atoms with E-state index in [2.05, 4.69) is 21.1 Å². The highest BCUT2D eigenvalue weighted by molar-refractivity contribution is 6.07. The van der Waals surface area contributed by atoms with Crippen LogP contribution in [0.15, 0.2) is 47.7 Å². The van der Waals surface area contributed by atoms with E-state index in [0.29, 0.717) is 16.8 Å². The number of aromatic nitrogens is 4. The Kier molecular flexibility index (Phi) is 6.24. The third kappa shape index (κ3) is 4.16. The van der Waals surface area contributed by atoms with E-state index < -0.39 is 28.9 Å². The number of H-pyrrole nitrogens is 2. The van der Waals surface area contributed by atoms with Crippen molar-refractivity contribution < 1.29 is 27.8 Å². The number of rotatable bonds is 4. The summed E-state index contributed by atoms with van der Waals surface area (Å²) in [6.45, 7) is 3.19. The zero-order valence-electron chi connectivity index (χ0n) is 19.4. The molecule has 0 saturated heterocycles. The number of halogens is 3. The summed E-state index contributed by atoms with van der Waals surface area (Å²) in [5, 5.41) is 17.3. The standard InChI is InChI=1S/C25H21F3N4O4/c1-4-36-23(34)19-14(2)31-21-20(19)16(13-32(3)22(21)33)8-9-24(35,25(26,27)28)18-7-5-6-15(10-18)17-11-29-30-12-17/h5-7,10-13,31,35H,4H2,1-3H3,(H,29,30). The lowest BCUT2D eigenvalue weighted by Gasteiger charge is -2.26. The first-order valence-corrected chi connectivity index (χ1v) is 10.8. The largest absolute Gasteiger partial charge is 0.462 e. The fourth-order valence-corrected chi connectivity index (χ4v) is 3.90. The van der Waals surface area contributed by atoms with E-state index in [1.165, 1.54) is 44.7 Å². The number of carbonyl (C=O) groups is 1. The number of aliphatic hydroxyl groups is 1. The van der Waals surface area contributed by atoms with Gasteiger partial charge in [-0.3, -0.25) is 9.89 Å². The van der Waals surface area contributed by atoms with Crippen molar-refractivity contribution in [3.8, 4) is 23.0 Å². The Hall–Kier alpha value is -4.30. The van der Waals surface area contributed by atoms with Gasteiger partial charge in [-0.25, -0.2) is 4.79 Å². The monoisotopic (exact) mass is 498 g/mol. The van der Waals surface area contributed by atoms with E-state index in [0.717, 1.165) is 10.6 Å². The average Bonchev–Trinajstić information content (AvgIpc) is 3.48. The second-order valence-corrected chi connectivity index (χ2v) is 8.08. The Morgan fingerprint density at radius 1 is 1.28 bits per heavy atom. The molecule has 0 aliphatic heterocycles. The van der Waals surface area contributed by atoms with Crippen LogP contribution in [0.1, 0.15) is 34.1 Å². The molecule has 0 radical (unpaired) electrons. The Balaban J connectivity index is 1.95. The molecule has 3 heterocycles. The van der Waals surface area contributed by atoms with Gasteiger partial charge in [0.1, 0.15) is 5.52 Å². The molecule has 0 aliphatic rings. The number of esters is 1. The molecule has 4 aromatic rings. The topological polar surface area (TPSA) is 113 Å². The number of benzene rings is 1. The van der Waals surface area contributed by atoms with Crippen LogP contribution in [0.4, 0.5) is 13.2 Å². The lowest BCUT2D eigenvalue weighted by Crippen LogP contribution is -2.41. The molecule has 0 bridgehead atoms. The molecule has 0 spiro atoms. The number of ether oxygens (including phenoxy) is 1. The summed E-state index contributed by atoms with van der Waals surface area (Å²) >= 11 is 0. The van der Waals surface area contributed by atoms with Crippen LogP contribution in [0.2, 0.25) is 0 Å². The first-order chi connectivity index (χ1) is 17.0. The van der Waals surface area contributed by atoms with Crippen LogP contribution in [0.3, 0.4) is 0 Å². The van der Waals surface area contributed by atoms with Crippen LogP contribution in [-0.4, -0.2) is 43.6 Å². The molecule has 4 rings (SSSR count). The predicted molar refractivity (Wildman–Crippen MR) is 125 cm³/mol. The van der Waals surface area contributed by atoms with E-state index in [1.807, 2.05) is 5.92 Å². The zero-order chi connectivity index (χ0) is 26.3. The molecule has 186 valence electrons. The van der Waals surface area contributed by atoms with Gasteiger partial charge >= 0.3 is 12.1 Å². The molecule has 0 amide bonds. The second-order valence-electron chi connectivity index (χ2n) is 8.08. The fraction of sp³-hybridized carbons (Fsp3) is 0.240. The number of nitrogens with one attached hydrogen (secondary N) is 2. The van der Waals surface area contributed by atoms with Crippen LogP contribution in [0.25, 0.3) is 22.0 Å². The molecule has 36 heavy (non-hydrogen) atoms. The minimum absolute atomic E-state index is 0.00801. The van der Waals surface area contributed by atoms with Gasteiger partial charge in [-0.2, -0.15) is 18.3 Å². The van der Waals surface area contributed by atoms with Gasteiger partial charge in [0.2, 0.25) is 5.60 Å². The smallest absolute Gasteiger partial charge is 0.433 e. The third-order valence-electron chi connectivity index (χ3n) is 5.69. The summed E-state index contributed by atoms with van der Waals surface area (Å²) in [7, 11) is 1.40. The van der Waals surface area contributed by atoms with Crippen molar-refractivity contribution in [2.24, 2.45) is 7.05 Å². The van der Waals surface area contributed by atoms with Crippen molar-refractivity contribution in [1.82, 2.24) is 19.7 Å². The van der Waals surface area contributed by atoms with E-state index >= 15 is 0 Å². The predicted octanol–water partition coefficient (Wildman–Crippen LogP) is 3.54. The lowest BCUT2D eigenvalue weighted by atomic mass is 9.91. The summed E-state index contributed by atoms with van der Waals surface area (Å²) < 4.78 is 48.9. The molecule has 1 aromatic carbocycles. The molecule has 3 aromatic heterocycles.